The standard InChI is InChI=1S/C14H8F4N2OS/c15-7-1-2-9-10(5-19-11(9)3-7)12(21)13-20-8(6-22-13)4-14(16,17)18/h1-3,5-6,19H,4H2. The van der Waals surface area contributed by atoms with Crippen molar-refractivity contribution < 1.29 is 22.4 Å². The molecule has 3 nitrogen and oxygen atoms in total. The average Bonchev–Trinajstić information content (AvgIpc) is 3.02. The van der Waals surface area contributed by atoms with E-state index in [-0.39, 0.29) is 16.3 Å². The molecule has 3 rings (SSSR count). The van der Waals surface area contributed by atoms with E-state index >= 15 is 0 Å². The largest absolute Gasteiger partial charge is 0.394 e. The SMILES string of the molecule is O=C(c1nc(CC(F)(F)F)cs1)c1c[nH]c2cc(F)ccc12. The third-order valence-corrected chi connectivity index (χ3v) is 3.91. The summed E-state index contributed by atoms with van der Waals surface area (Å²) in [6, 6.07) is 3.89. The molecule has 2 aromatic heterocycles. The number of hydrogen-bond donors (Lipinski definition) is 1. The molecular weight excluding hydrogens is 320 g/mol. The van der Waals surface area contributed by atoms with Gasteiger partial charge in [-0.3, -0.25) is 4.79 Å². The summed E-state index contributed by atoms with van der Waals surface area (Å²) in [4.78, 5) is 18.8. The lowest BCUT2D eigenvalue weighted by Gasteiger charge is -2.01. The Morgan fingerprint density at radius 2 is 2.09 bits per heavy atom. The number of ketones is 1. The van der Waals surface area contributed by atoms with E-state index in [0.717, 1.165) is 11.3 Å². The molecule has 0 atom stereocenters. The summed E-state index contributed by atoms with van der Waals surface area (Å²) in [6.45, 7) is 0. The van der Waals surface area contributed by atoms with Crippen LogP contribution < -0.4 is 0 Å². The summed E-state index contributed by atoms with van der Waals surface area (Å²) >= 11 is 0.860. The van der Waals surface area contributed by atoms with Gasteiger partial charge in [0.1, 0.15) is 5.82 Å². The Morgan fingerprint density at radius 3 is 2.82 bits per heavy atom. The molecule has 2 heterocycles. The first-order valence-corrected chi connectivity index (χ1v) is 7.04. The van der Waals surface area contributed by atoms with E-state index in [1.165, 1.54) is 29.8 Å². The van der Waals surface area contributed by atoms with Gasteiger partial charge in [-0.25, -0.2) is 9.37 Å². The van der Waals surface area contributed by atoms with Crippen LogP contribution in [0.1, 0.15) is 21.1 Å². The number of aromatic nitrogens is 2. The number of alkyl halides is 3. The fraction of sp³-hybridized carbons (Fsp3) is 0.143. The van der Waals surface area contributed by atoms with Gasteiger partial charge >= 0.3 is 6.18 Å². The quantitative estimate of drug-likeness (QED) is 0.581. The highest BCUT2D eigenvalue weighted by molar-refractivity contribution is 7.12. The van der Waals surface area contributed by atoms with Crippen LogP contribution in [0.25, 0.3) is 10.9 Å². The number of H-pyrrole nitrogens is 1. The first-order chi connectivity index (χ1) is 10.3. The van der Waals surface area contributed by atoms with Crippen molar-refractivity contribution in [2.45, 2.75) is 12.6 Å². The maximum absolute atomic E-state index is 13.1. The lowest BCUT2D eigenvalue weighted by molar-refractivity contribution is -0.127. The number of carbonyl (C=O) groups excluding carboxylic acids is 1. The number of nitrogens with one attached hydrogen (secondary N) is 1. The van der Waals surface area contributed by atoms with E-state index in [1.54, 1.807) is 0 Å². The van der Waals surface area contributed by atoms with Gasteiger partial charge in [-0.2, -0.15) is 13.2 Å². The topological polar surface area (TPSA) is 45.8 Å². The predicted octanol–water partition coefficient (Wildman–Crippen LogP) is 4.10. The molecular formula is C14H8F4N2OS. The smallest absolute Gasteiger partial charge is 0.360 e. The van der Waals surface area contributed by atoms with Crippen molar-refractivity contribution in [2.75, 3.05) is 0 Å². The van der Waals surface area contributed by atoms with Crippen LogP contribution >= 0.6 is 11.3 Å². The molecule has 0 aliphatic heterocycles. The molecule has 0 saturated carbocycles. The van der Waals surface area contributed by atoms with E-state index in [1.807, 2.05) is 0 Å². The Morgan fingerprint density at radius 1 is 1.32 bits per heavy atom. The van der Waals surface area contributed by atoms with E-state index in [4.69, 9.17) is 0 Å². The Hall–Kier alpha value is -2.22. The molecule has 0 radical (unpaired) electrons. The molecule has 0 amide bonds. The molecule has 22 heavy (non-hydrogen) atoms. The van der Waals surface area contributed by atoms with E-state index in [9.17, 15) is 22.4 Å². The highest BCUT2D eigenvalue weighted by atomic mass is 32.1. The summed E-state index contributed by atoms with van der Waals surface area (Å²) in [6.07, 6.45) is -4.14. The molecule has 3 aromatic rings. The Bertz CT molecular complexity index is 850. The fourth-order valence-corrected chi connectivity index (χ4v) is 2.87. The Kier molecular flexibility index (Phi) is 3.48. The van der Waals surface area contributed by atoms with Crippen molar-refractivity contribution in [3.8, 4) is 0 Å². The molecule has 0 aliphatic rings. The number of benzene rings is 1. The van der Waals surface area contributed by atoms with E-state index in [2.05, 4.69) is 9.97 Å². The molecule has 0 fully saturated rings. The lowest BCUT2D eigenvalue weighted by Crippen LogP contribution is -2.12. The maximum Gasteiger partial charge on any atom is 0.394 e. The van der Waals surface area contributed by atoms with Crippen LogP contribution in [-0.2, 0) is 6.42 Å². The number of halogens is 4. The summed E-state index contributed by atoms with van der Waals surface area (Å²) in [5, 5.41) is 1.69. The van der Waals surface area contributed by atoms with Crippen LogP contribution in [0.2, 0.25) is 0 Å². The monoisotopic (exact) mass is 328 g/mol. The summed E-state index contributed by atoms with van der Waals surface area (Å²) < 4.78 is 50.0. The second-order valence-electron chi connectivity index (χ2n) is 4.66. The molecule has 8 heteroatoms. The average molecular weight is 328 g/mol. The van der Waals surface area contributed by atoms with Gasteiger partial charge in [-0.1, -0.05) is 0 Å². The van der Waals surface area contributed by atoms with Crippen molar-refractivity contribution in [3.05, 3.63) is 51.9 Å². The molecule has 1 N–H and O–H groups in total. The van der Waals surface area contributed by atoms with Gasteiger partial charge in [-0.15, -0.1) is 11.3 Å². The first-order valence-electron chi connectivity index (χ1n) is 6.16. The van der Waals surface area contributed by atoms with Gasteiger partial charge in [0.05, 0.1) is 17.7 Å². The molecule has 0 unspecified atom stereocenters. The number of fused-ring (bicyclic) bond motifs is 1. The Balaban J connectivity index is 1.93. The van der Waals surface area contributed by atoms with E-state index < -0.39 is 24.2 Å². The molecule has 0 saturated heterocycles. The fourth-order valence-electron chi connectivity index (χ4n) is 2.10. The highest BCUT2D eigenvalue weighted by Crippen LogP contribution is 2.26. The summed E-state index contributed by atoms with van der Waals surface area (Å²) in [7, 11) is 0. The van der Waals surface area contributed by atoms with Gasteiger partial charge in [0.15, 0.2) is 5.01 Å². The zero-order valence-electron chi connectivity index (χ0n) is 10.9. The van der Waals surface area contributed by atoms with Gasteiger partial charge < -0.3 is 4.98 Å². The molecule has 0 aliphatic carbocycles. The van der Waals surface area contributed by atoms with Gasteiger partial charge in [-0.05, 0) is 18.2 Å². The minimum absolute atomic E-state index is 0.0236. The first kappa shape index (κ1) is 14.7. The normalized spacial score (nSPS) is 12.0. The summed E-state index contributed by atoms with van der Waals surface area (Å²) in [5.74, 6) is -0.939. The molecule has 1 aromatic carbocycles. The summed E-state index contributed by atoms with van der Waals surface area (Å²) in [5.41, 5.74) is 0.505. The molecule has 0 bridgehead atoms. The van der Waals surface area contributed by atoms with Crippen molar-refractivity contribution in [1.82, 2.24) is 9.97 Å². The minimum Gasteiger partial charge on any atom is -0.360 e. The lowest BCUT2D eigenvalue weighted by atomic mass is 10.1. The zero-order chi connectivity index (χ0) is 15.9. The van der Waals surface area contributed by atoms with Crippen LogP contribution in [0.3, 0.4) is 0 Å². The minimum atomic E-state index is -4.37. The van der Waals surface area contributed by atoms with Gasteiger partial charge in [0.2, 0.25) is 5.78 Å². The van der Waals surface area contributed by atoms with Crippen molar-refractivity contribution in [3.63, 3.8) is 0 Å². The maximum atomic E-state index is 13.1. The molecule has 0 spiro atoms. The Labute approximate surface area is 125 Å². The number of carbonyl (C=O) groups is 1. The third-order valence-electron chi connectivity index (χ3n) is 3.02. The second-order valence-corrected chi connectivity index (χ2v) is 5.52. The number of hydrogen-bond acceptors (Lipinski definition) is 3. The predicted molar refractivity (Wildman–Crippen MR) is 73.6 cm³/mol. The zero-order valence-corrected chi connectivity index (χ0v) is 11.7. The van der Waals surface area contributed by atoms with Crippen molar-refractivity contribution >= 4 is 28.0 Å². The van der Waals surface area contributed by atoms with Crippen LogP contribution in [0.15, 0.2) is 29.8 Å². The number of rotatable bonds is 3. The van der Waals surface area contributed by atoms with Crippen molar-refractivity contribution in [2.24, 2.45) is 0 Å². The number of thiazole rings is 1. The second kappa shape index (κ2) is 5.20. The van der Waals surface area contributed by atoms with Crippen LogP contribution in [0.5, 0.6) is 0 Å². The van der Waals surface area contributed by atoms with Crippen molar-refractivity contribution in [1.29, 1.82) is 0 Å². The van der Waals surface area contributed by atoms with Gasteiger partial charge in [0, 0.05) is 22.5 Å². The van der Waals surface area contributed by atoms with E-state index in [0.29, 0.717) is 10.9 Å². The van der Waals surface area contributed by atoms with Gasteiger partial charge in [0.25, 0.3) is 0 Å². The third kappa shape index (κ3) is 2.87. The number of aromatic amines is 1. The van der Waals surface area contributed by atoms with Crippen LogP contribution in [-0.4, -0.2) is 21.9 Å². The molecule has 114 valence electrons. The van der Waals surface area contributed by atoms with Crippen LogP contribution in [0.4, 0.5) is 17.6 Å². The highest BCUT2D eigenvalue weighted by Gasteiger charge is 2.29. The van der Waals surface area contributed by atoms with Crippen LogP contribution in [0, 0.1) is 5.82 Å². The number of nitrogens with zero attached hydrogens (tertiary/aromatic N) is 1.